The molecule has 0 atom stereocenters. The van der Waals surface area contributed by atoms with Crippen molar-refractivity contribution in [3.8, 4) is 5.75 Å². The van der Waals surface area contributed by atoms with Gasteiger partial charge in [-0.05, 0) is 24.3 Å². The molecule has 0 unspecified atom stereocenters. The maximum absolute atomic E-state index is 5.53. The molecule has 90 valence electrons. The molecule has 6 heteroatoms. The first-order chi connectivity index (χ1) is 8.34. The molecule has 1 N–H and O–H groups in total. The minimum atomic E-state index is 0.584. The van der Waals surface area contributed by atoms with E-state index in [1.54, 1.807) is 0 Å². The number of hydrogen-bond donors (Lipinski definition) is 1. The molecule has 0 amide bonds. The number of rotatable bonds is 6. The molecule has 0 saturated carbocycles. The van der Waals surface area contributed by atoms with Crippen molar-refractivity contribution in [3.63, 3.8) is 0 Å². The fourth-order valence-corrected chi connectivity index (χ4v) is 1.51. The van der Waals surface area contributed by atoms with E-state index in [-0.39, 0.29) is 0 Å². The molecule has 0 aliphatic carbocycles. The fraction of sp³-hybridized carbons (Fsp3) is 0.273. The van der Waals surface area contributed by atoms with Crippen LogP contribution in [-0.4, -0.2) is 23.3 Å². The number of hydrogen-bond acceptors (Lipinski definition) is 5. The van der Waals surface area contributed by atoms with Crippen LogP contribution in [0.1, 0.15) is 5.82 Å². The van der Waals surface area contributed by atoms with E-state index < -0.39 is 0 Å². The smallest absolute Gasteiger partial charge is 0.213 e. The number of ether oxygens (including phenoxy) is 1. The third kappa shape index (κ3) is 4.16. The van der Waals surface area contributed by atoms with Crippen molar-refractivity contribution in [1.29, 1.82) is 0 Å². The first kappa shape index (κ1) is 12.1. The van der Waals surface area contributed by atoms with Crippen LogP contribution in [0, 0.1) is 0 Å². The van der Waals surface area contributed by atoms with Crippen LogP contribution < -0.4 is 10.1 Å². The molecule has 5 nitrogen and oxygen atoms in total. The van der Waals surface area contributed by atoms with Gasteiger partial charge in [-0.1, -0.05) is 21.1 Å². The van der Waals surface area contributed by atoms with Gasteiger partial charge in [0, 0.05) is 11.0 Å². The van der Waals surface area contributed by atoms with Crippen LogP contribution in [0.2, 0.25) is 0 Å². The molecule has 1 aromatic heterocycles. The molecule has 2 rings (SSSR count). The quantitative estimate of drug-likeness (QED) is 0.827. The summed E-state index contributed by atoms with van der Waals surface area (Å²) in [4.78, 5) is 3.90. The van der Waals surface area contributed by atoms with Gasteiger partial charge in [0.15, 0.2) is 5.82 Å². The first-order valence-electron chi connectivity index (χ1n) is 5.19. The highest BCUT2D eigenvalue weighted by atomic mass is 79.9. The number of halogens is 1. The molecule has 0 aliphatic rings. The standard InChI is InChI=1S/C11H12BrN3O2/c12-9-1-3-10(4-2-9)16-6-5-13-7-11-14-8-17-15-11/h1-4,8,13H,5-7H2. The van der Waals surface area contributed by atoms with Gasteiger partial charge in [-0.15, -0.1) is 0 Å². The summed E-state index contributed by atoms with van der Waals surface area (Å²) >= 11 is 3.37. The number of benzene rings is 1. The monoisotopic (exact) mass is 297 g/mol. The van der Waals surface area contributed by atoms with Crippen molar-refractivity contribution in [2.75, 3.05) is 13.2 Å². The van der Waals surface area contributed by atoms with Gasteiger partial charge in [0.1, 0.15) is 12.4 Å². The fourth-order valence-electron chi connectivity index (χ4n) is 1.24. The molecule has 0 aliphatic heterocycles. The summed E-state index contributed by atoms with van der Waals surface area (Å²) in [5.41, 5.74) is 0. The molecule has 1 heterocycles. The second-order valence-electron chi connectivity index (χ2n) is 3.33. The Hall–Kier alpha value is -1.40. The third-order valence-corrected chi connectivity index (χ3v) is 2.58. The summed E-state index contributed by atoms with van der Waals surface area (Å²) in [7, 11) is 0. The topological polar surface area (TPSA) is 60.2 Å². The maximum atomic E-state index is 5.53. The second-order valence-corrected chi connectivity index (χ2v) is 4.24. The Morgan fingerprint density at radius 2 is 2.12 bits per heavy atom. The Labute approximate surface area is 107 Å². The van der Waals surface area contributed by atoms with E-state index in [4.69, 9.17) is 4.74 Å². The normalized spacial score (nSPS) is 10.4. The number of aromatic nitrogens is 2. The summed E-state index contributed by atoms with van der Waals surface area (Å²) in [5, 5.41) is 6.84. The van der Waals surface area contributed by atoms with Crippen LogP contribution in [0.25, 0.3) is 0 Å². The van der Waals surface area contributed by atoms with Crippen molar-refractivity contribution in [3.05, 3.63) is 41.0 Å². The summed E-state index contributed by atoms with van der Waals surface area (Å²) in [6, 6.07) is 7.73. The average Bonchev–Trinajstić information content (AvgIpc) is 2.84. The van der Waals surface area contributed by atoms with Gasteiger partial charge < -0.3 is 14.6 Å². The Balaban J connectivity index is 1.61. The summed E-state index contributed by atoms with van der Waals surface area (Å²) < 4.78 is 11.2. The van der Waals surface area contributed by atoms with Gasteiger partial charge in [0.05, 0.1) is 6.54 Å². The Morgan fingerprint density at radius 3 is 2.82 bits per heavy atom. The molecule has 0 fully saturated rings. The van der Waals surface area contributed by atoms with E-state index in [1.807, 2.05) is 24.3 Å². The van der Waals surface area contributed by atoms with E-state index in [0.717, 1.165) is 16.8 Å². The minimum absolute atomic E-state index is 0.584. The summed E-state index contributed by atoms with van der Waals surface area (Å²) in [6.07, 6.45) is 1.31. The van der Waals surface area contributed by atoms with Crippen LogP contribution in [-0.2, 0) is 6.54 Å². The van der Waals surface area contributed by atoms with Gasteiger partial charge >= 0.3 is 0 Å². The average molecular weight is 298 g/mol. The lowest BCUT2D eigenvalue weighted by atomic mass is 10.3. The van der Waals surface area contributed by atoms with Gasteiger partial charge in [0.25, 0.3) is 0 Å². The molecule has 2 aromatic rings. The lowest BCUT2D eigenvalue weighted by molar-refractivity contribution is 0.312. The molecule has 0 spiro atoms. The molecular weight excluding hydrogens is 286 g/mol. The molecule has 0 saturated heterocycles. The highest BCUT2D eigenvalue weighted by Gasteiger charge is 1.97. The van der Waals surface area contributed by atoms with Crippen molar-refractivity contribution < 1.29 is 9.26 Å². The molecule has 17 heavy (non-hydrogen) atoms. The van der Waals surface area contributed by atoms with Crippen LogP contribution in [0.4, 0.5) is 0 Å². The lowest BCUT2D eigenvalue weighted by Gasteiger charge is -2.06. The predicted molar refractivity (Wildman–Crippen MR) is 65.6 cm³/mol. The summed E-state index contributed by atoms with van der Waals surface area (Å²) in [5.74, 6) is 1.50. The molecule has 0 bridgehead atoms. The van der Waals surface area contributed by atoms with Crippen molar-refractivity contribution in [1.82, 2.24) is 15.5 Å². The van der Waals surface area contributed by atoms with Crippen LogP contribution >= 0.6 is 15.9 Å². The first-order valence-corrected chi connectivity index (χ1v) is 5.98. The van der Waals surface area contributed by atoms with Crippen LogP contribution in [0.5, 0.6) is 5.75 Å². The zero-order valence-electron chi connectivity index (χ0n) is 9.10. The van der Waals surface area contributed by atoms with E-state index >= 15 is 0 Å². The number of nitrogens with zero attached hydrogens (tertiary/aromatic N) is 2. The van der Waals surface area contributed by atoms with Crippen LogP contribution in [0.15, 0.2) is 39.7 Å². The Morgan fingerprint density at radius 1 is 1.29 bits per heavy atom. The zero-order valence-corrected chi connectivity index (χ0v) is 10.7. The van der Waals surface area contributed by atoms with E-state index in [0.29, 0.717) is 19.0 Å². The zero-order chi connectivity index (χ0) is 11.9. The third-order valence-electron chi connectivity index (χ3n) is 2.05. The van der Waals surface area contributed by atoms with E-state index in [1.165, 1.54) is 6.39 Å². The highest BCUT2D eigenvalue weighted by Crippen LogP contribution is 2.15. The molecule has 1 aromatic carbocycles. The van der Waals surface area contributed by atoms with Gasteiger partial charge in [-0.2, -0.15) is 4.98 Å². The van der Waals surface area contributed by atoms with E-state index in [9.17, 15) is 0 Å². The second kappa shape index (κ2) is 6.36. The Bertz CT molecular complexity index is 430. The lowest BCUT2D eigenvalue weighted by Crippen LogP contribution is -2.21. The van der Waals surface area contributed by atoms with Crippen molar-refractivity contribution >= 4 is 15.9 Å². The summed E-state index contributed by atoms with van der Waals surface area (Å²) in [6.45, 7) is 1.91. The van der Waals surface area contributed by atoms with E-state index in [2.05, 4.69) is 35.9 Å². The van der Waals surface area contributed by atoms with Gasteiger partial charge in [-0.3, -0.25) is 0 Å². The predicted octanol–water partition coefficient (Wildman–Crippen LogP) is 2.00. The van der Waals surface area contributed by atoms with Gasteiger partial charge in [0.2, 0.25) is 6.39 Å². The molecule has 0 radical (unpaired) electrons. The SMILES string of the molecule is Brc1ccc(OCCNCc2ncon2)cc1. The van der Waals surface area contributed by atoms with Crippen molar-refractivity contribution in [2.45, 2.75) is 6.54 Å². The maximum Gasteiger partial charge on any atom is 0.213 e. The number of nitrogens with one attached hydrogen (secondary N) is 1. The highest BCUT2D eigenvalue weighted by molar-refractivity contribution is 9.10. The Kier molecular flexibility index (Phi) is 4.52. The van der Waals surface area contributed by atoms with Crippen LogP contribution in [0.3, 0.4) is 0 Å². The molecular formula is C11H12BrN3O2. The van der Waals surface area contributed by atoms with Gasteiger partial charge in [-0.25, -0.2) is 0 Å². The largest absolute Gasteiger partial charge is 0.492 e. The van der Waals surface area contributed by atoms with Crippen molar-refractivity contribution in [2.24, 2.45) is 0 Å². The minimum Gasteiger partial charge on any atom is -0.492 e.